The normalized spacial score (nSPS) is 18.2. The van der Waals surface area contributed by atoms with Gasteiger partial charge in [0.15, 0.2) is 0 Å². The van der Waals surface area contributed by atoms with Gasteiger partial charge in [0, 0.05) is 29.6 Å². The van der Waals surface area contributed by atoms with Gasteiger partial charge in [-0.3, -0.25) is 14.2 Å². The van der Waals surface area contributed by atoms with Gasteiger partial charge < -0.3 is 14.8 Å². The number of carbonyl (C=O) groups excluding carboxylic acids is 1. The first-order chi connectivity index (χ1) is 14.4. The molecule has 0 aliphatic carbocycles. The molecule has 1 fully saturated rings. The molecule has 1 aromatic heterocycles. The molecule has 30 heavy (non-hydrogen) atoms. The molecule has 1 aliphatic rings. The number of hydrogen-bond donors (Lipinski definition) is 1. The lowest BCUT2D eigenvalue weighted by atomic mass is 9.93. The van der Waals surface area contributed by atoms with E-state index in [0.29, 0.717) is 34.4 Å². The summed E-state index contributed by atoms with van der Waals surface area (Å²) in [5, 5.41) is 4.27. The molecule has 2 heterocycles. The number of ether oxygens (including phenoxy) is 2. The number of nitrogens with zero attached hydrogens (tertiary/aromatic N) is 1. The second kappa shape index (κ2) is 7.95. The van der Waals surface area contributed by atoms with E-state index in [2.05, 4.69) is 5.32 Å². The molecule has 6 heteroatoms. The predicted molar refractivity (Wildman–Crippen MR) is 117 cm³/mol. The third-order valence-corrected chi connectivity index (χ3v) is 5.55. The van der Waals surface area contributed by atoms with Crippen LogP contribution in [0.2, 0.25) is 0 Å². The summed E-state index contributed by atoms with van der Waals surface area (Å²) in [6, 6.07) is 14.5. The average molecular weight is 406 g/mol. The van der Waals surface area contributed by atoms with E-state index in [1.54, 1.807) is 37.6 Å². The van der Waals surface area contributed by atoms with Gasteiger partial charge in [-0.05, 0) is 44.9 Å². The largest absolute Gasteiger partial charge is 0.495 e. The van der Waals surface area contributed by atoms with Crippen LogP contribution in [0, 0.1) is 0 Å². The molecule has 1 aliphatic heterocycles. The van der Waals surface area contributed by atoms with E-state index in [0.717, 1.165) is 12.8 Å². The number of hydrogen-bond acceptors (Lipinski definition) is 4. The second-order valence-electron chi connectivity index (χ2n) is 8.21. The molecule has 3 aromatic rings. The zero-order valence-corrected chi connectivity index (χ0v) is 17.5. The van der Waals surface area contributed by atoms with Gasteiger partial charge in [-0.15, -0.1) is 0 Å². The maximum Gasteiger partial charge on any atom is 0.263 e. The van der Waals surface area contributed by atoms with Gasteiger partial charge in [0.05, 0.1) is 24.0 Å². The molecule has 0 spiro atoms. The minimum atomic E-state index is -0.269. The Hall–Kier alpha value is -3.12. The maximum atomic E-state index is 13.3. The number of amides is 1. The molecule has 0 radical (unpaired) electrons. The Kier molecular flexibility index (Phi) is 5.35. The van der Waals surface area contributed by atoms with Gasteiger partial charge >= 0.3 is 0 Å². The van der Waals surface area contributed by atoms with Crippen LogP contribution in [0.25, 0.3) is 16.5 Å². The van der Waals surface area contributed by atoms with Gasteiger partial charge in [-0.25, -0.2) is 0 Å². The number of pyridine rings is 1. The SMILES string of the molecule is COc1ccccc1-n1cc(C(=O)N[C@@H]2CCOC(C)(C)C2)c2ccccc2c1=O. The monoisotopic (exact) mass is 406 g/mol. The first kappa shape index (κ1) is 20.2. The molecule has 0 bridgehead atoms. The van der Waals surface area contributed by atoms with E-state index in [1.165, 1.54) is 4.57 Å². The Bertz CT molecular complexity index is 1150. The molecule has 1 N–H and O–H groups in total. The van der Waals surface area contributed by atoms with Crippen LogP contribution in [0.1, 0.15) is 37.0 Å². The van der Waals surface area contributed by atoms with Gasteiger partial charge in [0.2, 0.25) is 0 Å². The Morgan fingerprint density at radius 3 is 2.57 bits per heavy atom. The van der Waals surface area contributed by atoms with E-state index in [9.17, 15) is 9.59 Å². The minimum absolute atomic E-state index is 0.0200. The van der Waals surface area contributed by atoms with Crippen molar-refractivity contribution in [2.75, 3.05) is 13.7 Å². The molecule has 6 nitrogen and oxygen atoms in total. The second-order valence-corrected chi connectivity index (χ2v) is 8.21. The molecule has 0 saturated carbocycles. The Morgan fingerprint density at radius 1 is 1.13 bits per heavy atom. The lowest BCUT2D eigenvalue weighted by Gasteiger charge is -2.35. The lowest BCUT2D eigenvalue weighted by Crippen LogP contribution is -2.46. The molecule has 2 aromatic carbocycles. The van der Waals surface area contributed by atoms with E-state index in [-0.39, 0.29) is 23.1 Å². The van der Waals surface area contributed by atoms with Crippen LogP contribution in [-0.4, -0.2) is 35.8 Å². The highest BCUT2D eigenvalue weighted by Crippen LogP contribution is 2.26. The van der Waals surface area contributed by atoms with Crippen LogP contribution in [-0.2, 0) is 4.74 Å². The van der Waals surface area contributed by atoms with E-state index >= 15 is 0 Å². The van der Waals surface area contributed by atoms with Crippen LogP contribution in [0.5, 0.6) is 5.75 Å². The summed E-state index contributed by atoms with van der Waals surface area (Å²) in [4.78, 5) is 26.5. The van der Waals surface area contributed by atoms with Crippen molar-refractivity contribution in [2.24, 2.45) is 0 Å². The number of fused-ring (bicyclic) bond motifs is 1. The van der Waals surface area contributed by atoms with Crippen molar-refractivity contribution >= 4 is 16.7 Å². The fraction of sp³-hybridized carbons (Fsp3) is 0.333. The van der Waals surface area contributed by atoms with Crippen molar-refractivity contribution in [3.05, 3.63) is 70.6 Å². The Balaban J connectivity index is 1.80. The van der Waals surface area contributed by atoms with Gasteiger partial charge in [-0.1, -0.05) is 30.3 Å². The predicted octanol–water partition coefficient (Wildman–Crippen LogP) is 3.69. The molecule has 4 rings (SSSR count). The van der Waals surface area contributed by atoms with Gasteiger partial charge in [0.25, 0.3) is 11.5 Å². The summed E-state index contributed by atoms with van der Waals surface area (Å²) < 4.78 is 12.7. The molecular weight excluding hydrogens is 380 g/mol. The quantitative estimate of drug-likeness (QED) is 0.718. The molecule has 156 valence electrons. The first-order valence-electron chi connectivity index (χ1n) is 10.1. The maximum absolute atomic E-state index is 13.3. The van der Waals surface area contributed by atoms with Crippen molar-refractivity contribution in [2.45, 2.75) is 38.3 Å². The zero-order valence-electron chi connectivity index (χ0n) is 17.5. The highest BCUT2D eigenvalue weighted by atomic mass is 16.5. The number of methoxy groups -OCH3 is 1. The minimum Gasteiger partial charge on any atom is -0.495 e. The third kappa shape index (κ3) is 3.83. The fourth-order valence-electron chi connectivity index (χ4n) is 4.10. The van der Waals surface area contributed by atoms with Crippen molar-refractivity contribution in [1.29, 1.82) is 0 Å². The Morgan fingerprint density at radius 2 is 1.83 bits per heavy atom. The van der Waals surface area contributed by atoms with Gasteiger partial charge in [-0.2, -0.15) is 0 Å². The van der Waals surface area contributed by atoms with Crippen LogP contribution in [0.3, 0.4) is 0 Å². The first-order valence-corrected chi connectivity index (χ1v) is 10.1. The fourth-order valence-corrected chi connectivity index (χ4v) is 4.10. The summed E-state index contributed by atoms with van der Waals surface area (Å²) in [7, 11) is 1.56. The highest BCUT2D eigenvalue weighted by molar-refractivity contribution is 6.06. The third-order valence-electron chi connectivity index (χ3n) is 5.55. The summed E-state index contributed by atoms with van der Waals surface area (Å²) in [6.45, 7) is 4.67. The summed E-state index contributed by atoms with van der Waals surface area (Å²) >= 11 is 0. The smallest absolute Gasteiger partial charge is 0.263 e. The topological polar surface area (TPSA) is 69.6 Å². The van der Waals surface area contributed by atoms with E-state index < -0.39 is 0 Å². The summed E-state index contributed by atoms with van der Waals surface area (Å²) in [5.74, 6) is 0.366. The van der Waals surface area contributed by atoms with Gasteiger partial charge in [0.1, 0.15) is 5.75 Å². The molecule has 0 unspecified atom stereocenters. The number of para-hydroxylation sites is 2. The zero-order chi connectivity index (χ0) is 21.3. The number of rotatable bonds is 4. The van der Waals surface area contributed by atoms with Crippen molar-refractivity contribution < 1.29 is 14.3 Å². The molecule has 1 amide bonds. The summed E-state index contributed by atoms with van der Waals surface area (Å²) in [6.07, 6.45) is 3.12. The van der Waals surface area contributed by atoms with E-state index in [1.807, 2.05) is 38.1 Å². The molecule has 1 saturated heterocycles. The average Bonchev–Trinajstić information content (AvgIpc) is 2.73. The standard InChI is InChI=1S/C24H26N2O4/c1-24(2)14-16(12-13-30-24)25-22(27)19-15-26(20-10-6-7-11-21(20)29-3)23(28)18-9-5-4-8-17(18)19/h4-11,15-16H,12-14H2,1-3H3,(H,25,27)/t16-/m1/s1. The van der Waals surface area contributed by atoms with Crippen LogP contribution < -0.4 is 15.6 Å². The molecule has 1 atom stereocenters. The van der Waals surface area contributed by atoms with Crippen molar-refractivity contribution in [3.8, 4) is 11.4 Å². The lowest BCUT2D eigenvalue weighted by molar-refractivity contribution is -0.0615. The summed E-state index contributed by atoms with van der Waals surface area (Å²) in [5.41, 5.74) is 0.588. The van der Waals surface area contributed by atoms with Crippen molar-refractivity contribution in [3.63, 3.8) is 0 Å². The van der Waals surface area contributed by atoms with Crippen LogP contribution >= 0.6 is 0 Å². The number of carbonyl (C=O) groups is 1. The van der Waals surface area contributed by atoms with Crippen LogP contribution in [0.4, 0.5) is 0 Å². The van der Waals surface area contributed by atoms with Crippen LogP contribution in [0.15, 0.2) is 59.5 Å². The highest BCUT2D eigenvalue weighted by Gasteiger charge is 2.30. The molecular formula is C24H26N2O4. The number of aromatic nitrogens is 1. The Labute approximate surface area is 175 Å². The van der Waals surface area contributed by atoms with E-state index in [4.69, 9.17) is 9.47 Å². The van der Waals surface area contributed by atoms with Crippen molar-refractivity contribution in [1.82, 2.24) is 9.88 Å². The number of benzene rings is 2. The number of nitrogens with one attached hydrogen (secondary N) is 1.